The van der Waals surface area contributed by atoms with E-state index in [4.69, 9.17) is 0 Å². The molecule has 0 bridgehead atoms. The van der Waals surface area contributed by atoms with E-state index in [9.17, 15) is 18.0 Å². The molecule has 1 amide bonds. The molecule has 1 N–H and O–H groups in total. The van der Waals surface area contributed by atoms with Gasteiger partial charge in [0.25, 0.3) is 5.91 Å². The second-order valence-corrected chi connectivity index (χ2v) is 5.66. The fourth-order valence-corrected chi connectivity index (χ4v) is 2.33. The van der Waals surface area contributed by atoms with Crippen LogP contribution < -0.4 is 5.32 Å². The second-order valence-electron chi connectivity index (χ2n) is 4.75. The smallest absolute Gasteiger partial charge is 0.272 e. The lowest BCUT2D eigenvalue weighted by atomic mass is 10.2. The number of nitrogens with one attached hydrogen (secondary N) is 1. The topological polar surface area (TPSA) is 34.0 Å². The van der Waals surface area contributed by atoms with Crippen molar-refractivity contribution in [1.82, 2.24) is 4.57 Å². The first kappa shape index (κ1) is 15.6. The maximum Gasteiger partial charge on any atom is 0.272 e. The van der Waals surface area contributed by atoms with E-state index in [2.05, 4.69) is 21.2 Å². The van der Waals surface area contributed by atoms with E-state index in [0.29, 0.717) is 10.5 Å². The van der Waals surface area contributed by atoms with Crippen molar-refractivity contribution in [2.45, 2.75) is 19.9 Å². The van der Waals surface area contributed by atoms with Gasteiger partial charge >= 0.3 is 0 Å². The lowest BCUT2D eigenvalue weighted by molar-refractivity contribution is 0.101. The predicted molar refractivity (Wildman–Crippen MR) is 76.8 cm³/mol. The van der Waals surface area contributed by atoms with E-state index < -0.39 is 29.0 Å². The van der Waals surface area contributed by atoms with Crippen LogP contribution in [0.1, 0.15) is 30.4 Å². The van der Waals surface area contributed by atoms with E-state index >= 15 is 0 Å². The Bertz CT molecular complexity index is 698. The summed E-state index contributed by atoms with van der Waals surface area (Å²) in [5.74, 6) is -4.28. The number of carbonyl (C=O) groups is 1. The van der Waals surface area contributed by atoms with Gasteiger partial charge in [0.15, 0.2) is 11.6 Å². The third-order valence-corrected chi connectivity index (χ3v) is 3.28. The third kappa shape index (κ3) is 3.29. The first-order valence-corrected chi connectivity index (χ1v) is 6.92. The van der Waals surface area contributed by atoms with Crippen LogP contribution in [0.15, 0.2) is 28.9 Å². The number of carbonyl (C=O) groups excluding carboxylic acids is 1. The Labute approximate surface area is 127 Å². The van der Waals surface area contributed by atoms with E-state index in [1.807, 2.05) is 13.8 Å². The van der Waals surface area contributed by atoms with Crippen LogP contribution in [0.3, 0.4) is 0 Å². The molecule has 0 atom stereocenters. The molecule has 2 rings (SSSR count). The van der Waals surface area contributed by atoms with E-state index in [-0.39, 0.29) is 11.7 Å². The number of hydrogen-bond donors (Lipinski definition) is 1. The van der Waals surface area contributed by atoms with Crippen molar-refractivity contribution in [1.29, 1.82) is 0 Å². The van der Waals surface area contributed by atoms with Crippen LogP contribution in [-0.2, 0) is 0 Å². The number of nitrogens with zero attached hydrogens (tertiary/aromatic N) is 1. The predicted octanol–water partition coefficient (Wildman–Crippen LogP) is 4.50. The van der Waals surface area contributed by atoms with Crippen molar-refractivity contribution in [3.05, 3.63) is 52.0 Å². The highest BCUT2D eigenvalue weighted by atomic mass is 79.9. The Morgan fingerprint density at radius 3 is 2.52 bits per heavy atom. The second kappa shape index (κ2) is 5.93. The van der Waals surface area contributed by atoms with Crippen LogP contribution in [-0.4, -0.2) is 10.5 Å². The molecule has 21 heavy (non-hydrogen) atoms. The summed E-state index contributed by atoms with van der Waals surface area (Å²) in [7, 11) is 0. The van der Waals surface area contributed by atoms with Gasteiger partial charge in [0.2, 0.25) is 0 Å². The molecule has 1 aromatic heterocycles. The number of benzene rings is 1. The molecule has 3 nitrogen and oxygen atoms in total. The van der Waals surface area contributed by atoms with Crippen molar-refractivity contribution in [3.63, 3.8) is 0 Å². The standard InChI is InChI=1S/C14H12BrF3N2O/c1-7(2)20-6-8(15)3-12(20)14(21)19-11-5-9(16)4-10(17)13(11)18/h3-7H,1-2H3,(H,19,21). The van der Waals surface area contributed by atoms with Gasteiger partial charge in [-0.05, 0) is 35.8 Å². The molecule has 0 aliphatic heterocycles. The first-order chi connectivity index (χ1) is 9.79. The van der Waals surface area contributed by atoms with Gasteiger partial charge in [0, 0.05) is 28.8 Å². The van der Waals surface area contributed by atoms with Crippen molar-refractivity contribution in [3.8, 4) is 0 Å². The van der Waals surface area contributed by atoms with Gasteiger partial charge in [0.05, 0.1) is 5.69 Å². The summed E-state index contributed by atoms with van der Waals surface area (Å²) >= 11 is 3.25. The minimum atomic E-state index is -1.36. The fraction of sp³-hybridized carbons (Fsp3) is 0.214. The molecule has 0 unspecified atom stereocenters. The van der Waals surface area contributed by atoms with Gasteiger partial charge in [-0.25, -0.2) is 13.2 Å². The molecular weight excluding hydrogens is 349 g/mol. The third-order valence-electron chi connectivity index (χ3n) is 2.85. The molecule has 0 fully saturated rings. The quantitative estimate of drug-likeness (QED) is 0.803. The molecule has 1 heterocycles. The van der Waals surface area contributed by atoms with Gasteiger partial charge in [-0.2, -0.15) is 0 Å². The number of aromatic nitrogens is 1. The normalized spacial score (nSPS) is 11.0. The molecule has 0 spiro atoms. The first-order valence-electron chi connectivity index (χ1n) is 6.13. The summed E-state index contributed by atoms with van der Waals surface area (Å²) in [5, 5.41) is 2.18. The lowest BCUT2D eigenvalue weighted by Crippen LogP contribution is -2.18. The summed E-state index contributed by atoms with van der Waals surface area (Å²) in [4.78, 5) is 12.2. The molecule has 0 saturated carbocycles. The van der Waals surface area contributed by atoms with Crippen molar-refractivity contribution in [2.24, 2.45) is 0 Å². The summed E-state index contributed by atoms with van der Waals surface area (Å²) in [6, 6.07) is 2.68. The maximum atomic E-state index is 13.5. The van der Waals surface area contributed by atoms with Crippen LogP contribution in [0.2, 0.25) is 0 Å². The van der Waals surface area contributed by atoms with Crippen molar-refractivity contribution < 1.29 is 18.0 Å². The average Bonchev–Trinajstić information content (AvgIpc) is 2.77. The zero-order valence-corrected chi connectivity index (χ0v) is 12.8. The van der Waals surface area contributed by atoms with Gasteiger partial charge in [-0.3, -0.25) is 4.79 Å². The molecule has 7 heteroatoms. The monoisotopic (exact) mass is 360 g/mol. The molecule has 0 aliphatic carbocycles. The highest BCUT2D eigenvalue weighted by molar-refractivity contribution is 9.10. The number of anilines is 1. The number of hydrogen-bond acceptors (Lipinski definition) is 1. The van der Waals surface area contributed by atoms with E-state index in [1.165, 1.54) is 0 Å². The van der Waals surface area contributed by atoms with Gasteiger partial charge in [-0.15, -0.1) is 0 Å². The van der Waals surface area contributed by atoms with Crippen molar-refractivity contribution in [2.75, 3.05) is 5.32 Å². The maximum absolute atomic E-state index is 13.5. The molecule has 0 aliphatic rings. The Kier molecular flexibility index (Phi) is 4.41. The Balaban J connectivity index is 2.35. The molecule has 112 valence electrons. The highest BCUT2D eigenvalue weighted by Crippen LogP contribution is 2.23. The average molecular weight is 361 g/mol. The number of rotatable bonds is 3. The Hall–Kier alpha value is -1.76. The van der Waals surface area contributed by atoms with Gasteiger partial charge in [0.1, 0.15) is 11.5 Å². The summed E-state index contributed by atoms with van der Waals surface area (Å²) in [5.41, 5.74) is -0.286. The van der Waals surface area contributed by atoms with Crippen LogP contribution in [0.5, 0.6) is 0 Å². The molecule has 0 saturated heterocycles. The van der Waals surface area contributed by atoms with Crippen LogP contribution in [0.25, 0.3) is 0 Å². The van der Waals surface area contributed by atoms with Crippen molar-refractivity contribution >= 4 is 27.5 Å². The van der Waals surface area contributed by atoms with E-state index in [1.54, 1.807) is 16.8 Å². The van der Waals surface area contributed by atoms with Gasteiger partial charge < -0.3 is 9.88 Å². The molecular formula is C14H12BrF3N2O. The molecule has 1 aromatic carbocycles. The SMILES string of the molecule is CC(C)n1cc(Br)cc1C(=O)Nc1cc(F)cc(F)c1F. The zero-order chi connectivity index (χ0) is 15.7. The minimum Gasteiger partial charge on any atom is -0.340 e. The Morgan fingerprint density at radius 2 is 1.90 bits per heavy atom. The zero-order valence-electron chi connectivity index (χ0n) is 11.3. The number of amides is 1. The lowest BCUT2D eigenvalue weighted by Gasteiger charge is -2.13. The highest BCUT2D eigenvalue weighted by Gasteiger charge is 2.18. The van der Waals surface area contributed by atoms with E-state index in [0.717, 1.165) is 6.07 Å². The minimum absolute atomic E-state index is 0.00820. The number of halogens is 4. The van der Waals surface area contributed by atoms with Crippen LogP contribution >= 0.6 is 15.9 Å². The summed E-state index contributed by atoms with van der Waals surface area (Å²) in [6.45, 7) is 3.73. The Morgan fingerprint density at radius 1 is 1.24 bits per heavy atom. The molecule has 0 radical (unpaired) electrons. The van der Waals surface area contributed by atoms with Gasteiger partial charge in [-0.1, -0.05) is 0 Å². The fourth-order valence-electron chi connectivity index (χ4n) is 1.89. The van der Waals surface area contributed by atoms with Crippen LogP contribution in [0.4, 0.5) is 18.9 Å². The largest absolute Gasteiger partial charge is 0.340 e. The summed E-state index contributed by atoms with van der Waals surface area (Å²) < 4.78 is 42.1. The van der Waals surface area contributed by atoms with Crippen LogP contribution in [0, 0.1) is 17.5 Å². The molecule has 2 aromatic rings. The summed E-state index contributed by atoms with van der Waals surface area (Å²) in [6.07, 6.45) is 1.70.